The summed E-state index contributed by atoms with van der Waals surface area (Å²) in [5.74, 6) is -0.00896. The van der Waals surface area contributed by atoms with Crippen LogP contribution in [0.15, 0.2) is 51.8 Å². The van der Waals surface area contributed by atoms with Crippen molar-refractivity contribution in [2.75, 3.05) is 5.32 Å². The maximum absolute atomic E-state index is 12.9. The van der Waals surface area contributed by atoms with Gasteiger partial charge in [-0.15, -0.1) is 0 Å². The quantitative estimate of drug-likeness (QED) is 0.585. The molecule has 0 atom stereocenters. The molecule has 1 saturated carbocycles. The summed E-state index contributed by atoms with van der Waals surface area (Å²) in [5, 5.41) is 2.81. The zero-order chi connectivity index (χ0) is 19.9. The van der Waals surface area contributed by atoms with Crippen LogP contribution in [-0.2, 0) is 16.6 Å². The first kappa shape index (κ1) is 19.1. The second-order valence-electron chi connectivity index (χ2n) is 6.66. The van der Waals surface area contributed by atoms with Crippen LogP contribution >= 0.6 is 15.9 Å². The smallest absolute Gasteiger partial charge is 0.259 e. The summed E-state index contributed by atoms with van der Waals surface area (Å²) < 4.78 is 30.0. The first-order valence-corrected chi connectivity index (χ1v) is 11.2. The maximum atomic E-state index is 12.9. The molecule has 0 aliphatic heterocycles. The average molecular weight is 463 g/mol. The lowest BCUT2D eigenvalue weighted by Gasteiger charge is -2.11. The average Bonchev–Trinajstić information content (AvgIpc) is 3.39. The van der Waals surface area contributed by atoms with Gasteiger partial charge in [0.2, 0.25) is 16.0 Å². The molecule has 28 heavy (non-hydrogen) atoms. The predicted molar refractivity (Wildman–Crippen MR) is 111 cm³/mol. The fourth-order valence-electron chi connectivity index (χ4n) is 2.99. The highest BCUT2D eigenvalue weighted by atomic mass is 79.9. The standard InChI is InChI=1S/C19H19BrN4O3S/c1-2-24-17-6-4-3-5-16(17)21-19(24)22-18(25)14-11-13(9-10-15(14)20)28(26,27)23-12-7-8-12/h3-6,9-12,23H,2,7-8H2,1H3,(H,21,22,25). The Morgan fingerprint density at radius 1 is 1.25 bits per heavy atom. The van der Waals surface area contributed by atoms with E-state index in [0.717, 1.165) is 23.9 Å². The molecule has 0 radical (unpaired) electrons. The Morgan fingerprint density at radius 2 is 2.00 bits per heavy atom. The van der Waals surface area contributed by atoms with E-state index in [1.54, 1.807) is 6.07 Å². The fraction of sp³-hybridized carbons (Fsp3) is 0.263. The normalized spacial score (nSPS) is 14.4. The van der Waals surface area contributed by atoms with Crippen LogP contribution in [-0.4, -0.2) is 29.9 Å². The molecule has 1 amide bonds. The highest BCUT2D eigenvalue weighted by molar-refractivity contribution is 9.10. The molecular formula is C19H19BrN4O3S. The topological polar surface area (TPSA) is 93.1 Å². The van der Waals surface area contributed by atoms with Crippen LogP contribution in [0.4, 0.5) is 5.95 Å². The molecule has 0 saturated heterocycles. The number of rotatable bonds is 6. The van der Waals surface area contributed by atoms with Crippen LogP contribution in [0.2, 0.25) is 0 Å². The molecule has 146 valence electrons. The van der Waals surface area contributed by atoms with Gasteiger partial charge in [0.1, 0.15) is 0 Å². The SMILES string of the molecule is CCn1c(NC(=O)c2cc(S(=O)(=O)NC3CC3)ccc2Br)nc2ccccc21. The largest absolute Gasteiger partial charge is 0.310 e. The summed E-state index contributed by atoms with van der Waals surface area (Å²) in [5.41, 5.74) is 1.93. The summed E-state index contributed by atoms with van der Waals surface area (Å²) in [7, 11) is -3.65. The van der Waals surface area contributed by atoms with Gasteiger partial charge in [-0.1, -0.05) is 12.1 Å². The molecule has 2 N–H and O–H groups in total. The van der Waals surface area contributed by atoms with E-state index in [1.165, 1.54) is 12.1 Å². The Bertz CT molecular complexity index is 1170. The lowest BCUT2D eigenvalue weighted by molar-refractivity contribution is 0.102. The van der Waals surface area contributed by atoms with Crippen molar-refractivity contribution >= 4 is 48.8 Å². The van der Waals surface area contributed by atoms with Crippen molar-refractivity contribution < 1.29 is 13.2 Å². The summed E-state index contributed by atoms with van der Waals surface area (Å²) in [6.07, 6.45) is 1.69. The van der Waals surface area contributed by atoms with E-state index in [-0.39, 0.29) is 16.5 Å². The molecule has 0 unspecified atom stereocenters. The number of sulfonamides is 1. The van der Waals surface area contributed by atoms with Crippen molar-refractivity contribution in [3.63, 3.8) is 0 Å². The number of aryl methyl sites for hydroxylation is 1. The number of carbonyl (C=O) groups excluding carboxylic acids is 1. The molecule has 3 aromatic rings. The van der Waals surface area contributed by atoms with Crippen LogP contribution in [0, 0.1) is 0 Å². The second kappa shape index (κ2) is 7.31. The molecule has 0 bridgehead atoms. The predicted octanol–water partition coefficient (Wildman–Crippen LogP) is 3.51. The number of fused-ring (bicyclic) bond motifs is 1. The highest BCUT2D eigenvalue weighted by Crippen LogP contribution is 2.26. The fourth-order valence-corrected chi connectivity index (χ4v) is 4.75. The molecule has 4 rings (SSSR count). The number of halogens is 1. The van der Waals surface area contributed by atoms with Gasteiger partial charge in [0.05, 0.1) is 21.5 Å². The zero-order valence-corrected chi connectivity index (χ0v) is 17.5. The van der Waals surface area contributed by atoms with Crippen LogP contribution in [0.3, 0.4) is 0 Å². The number of hydrogen-bond acceptors (Lipinski definition) is 4. The monoisotopic (exact) mass is 462 g/mol. The first-order valence-electron chi connectivity index (χ1n) is 8.97. The number of carbonyl (C=O) groups is 1. The number of hydrogen-bond donors (Lipinski definition) is 2. The number of aromatic nitrogens is 2. The Hall–Kier alpha value is -2.23. The molecule has 1 aromatic heterocycles. The number of anilines is 1. The van der Waals surface area contributed by atoms with Gasteiger partial charge in [0.25, 0.3) is 5.91 Å². The van der Waals surface area contributed by atoms with Gasteiger partial charge in [-0.25, -0.2) is 18.1 Å². The number of amides is 1. The summed E-state index contributed by atoms with van der Waals surface area (Å²) in [6.45, 7) is 2.60. The summed E-state index contributed by atoms with van der Waals surface area (Å²) >= 11 is 3.34. The van der Waals surface area contributed by atoms with Crippen molar-refractivity contribution in [2.24, 2.45) is 0 Å². The molecule has 9 heteroatoms. The minimum absolute atomic E-state index is 0.00427. The number of nitrogens with one attached hydrogen (secondary N) is 2. The molecule has 1 fully saturated rings. The lowest BCUT2D eigenvalue weighted by Crippen LogP contribution is -2.26. The summed E-state index contributed by atoms with van der Waals surface area (Å²) in [4.78, 5) is 17.4. The Morgan fingerprint density at radius 3 is 2.71 bits per heavy atom. The van der Waals surface area contributed by atoms with Crippen LogP contribution < -0.4 is 10.0 Å². The van der Waals surface area contributed by atoms with Crippen molar-refractivity contribution in [1.82, 2.24) is 14.3 Å². The van der Waals surface area contributed by atoms with E-state index in [9.17, 15) is 13.2 Å². The van der Waals surface area contributed by atoms with Gasteiger partial charge in [0, 0.05) is 17.1 Å². The van der Waals surface area contributed by atoms with Crippen LogP contribution in [0.5, 0.6) is 0 Å². The van der Waals surface area contributed by atoms with Crippen molar-refractivity contribution in [1.29, 1.82) is 0 Å². The highest BCUT2D eigenvalue weighted by Gasteiger charge is 2.28. The Balaban J connectivity index is 1.66. The van der Waals surface area contributed by atoms with Gasteiger partial charge in [-0.2, -0.15) is 0 Å². The van der Waals surface area contributed by atoms with Gasteiger partial charge < -0.3 is 4.57 Å². The van der Waals surface area contributed by atoms with Crippen LogP contribution in [0.1, 0.15) is 30.1 Å². The summed E-state index contributed by atoms with van der Waals surface area (Å²) in [6, 6.07) is 12.0. The number of benzene rings is 2. The van der Waals surface area contributed by atoms with Gasteiger partial charge in [-0.05, 0) is 66.0 Å². The minimum Gasteiger partial charge on any atom is -0.310 e. The molecule has 1 aliphatic carbocycles. The first-order chi connectivity index (χ1) is 13.4. The maximum Gasteiger partial charge on any atom is 0.259 e. The van der Waals surface area contributed by atoms with E-state index in [2.05, 4.69) is 31.0 Å². The number of para-hydroxylation sites is 2. The molecule has 7 nitrogen and oxygen atoms in total. The number of nitrogens with zero attached hydrogens (tertiary/aromatic N) is 2. The van der Waals surface area contributed by atoms with E-state index in [0.29, 0.717) is 17.0 Å². The van der Waals surface area contributed by atoms with Crippen molar-refractivity contribution in [2.45, 2.75) is 37.2 Å². The molecule has 0 spiro atoms. The van der Waals surface area contributed by atoms with E-state index >= 15 is 0 Å². The van der Waals surface area contributed by atoms with E-state index in [1.807, 2.05) is 35.8 Å². The zero-order valence-electron chi connectivity index (χ0n) is 15.1. The number of imidazole rings is 1. The van der Waals surface area contributed by atoms with Crippen molar-refractivity contribution in [3.05, 3.63) is 52.5 Å². The van der Waals surface area contributed by atoms with Gasteiger partial charge >= 0.3 is 0 Å². The lowest BCUT2D eigenvalue weighted by atomic mass is 10.2. The molecule has 2 aromatic carbocycles. The Kier molecular flexibility index (Phi) is 4.98. The third kappa shape index (κ3) is 3.69. The van der Waals surface area contributed by atoms with Crippen LogP contribution in [0.25, 0.3) is 11.0 Å². The molecule has 1 aliphatic rings. The third-order valence-corrected chi connectivity index (χ3v) is 6.80. The third-order valence-electron chi connectivity index (χ3n) is 4.59. The molecular weight excluding hydrogens is 444 g/mol. The van der Waals surface area contributed by atoms with Gasteiger partial charge in [-0.3, -0.25) is 10.1 Å². The minimum atomic E-state index is -3.65. The van der Waals surface area contributed by atoms with E-state index < -0.39 is 15.9 Å². The van der Waals surface area contributed by atoms with Crippen molar-refractivity contribution in [3.8, 4) is 0 Å². The Labute approximate surface area is 171 Å². The van der Waals surface area contributed by atoms with E-state index in [4.69, 9.17) is 0 Å². The second-order valence-corrected chi connectivity index (χ2v) is 9.23. The molecule has 1 heterocycles. The van der Waals surface area contributed by atoms with Gasteiger partial charge in [0.15, 0.2) is 0 Å².